The van der Waals surface area contributed by atoms with Crippen LogP contribution in [0.2, 0.25) is 0 Å². The van der Waals surface area contributed by atoms with E-state index < -0.39 is 0 Å². The zero-order valence-electron chi connectivity index (χ0n) is 13.6. The molecule has 0 bridgehead atoms. The van der Waals surface area contributed by atoms with Crippen molar-refractivity contribution in [3.8, 4) is 0 Å². The van der Waals surface area contributed by atoms with Gasteiger partial charge >= 0.3 is 0 Å². The topological polar surface area (TPSA) is 24.9 Å². The third-order valence-electron chi connectivity index (χ3n) is 3.95. The molecule has 1 atom stereocenters. The molecule has 0 saturated carbocycles. The fraction of sp³-hybridized carbons (Fsp3) is 0.421. The number of hydrogen-bond acceptors (Lipinski definition) is 2. The number of benzene rings is 1. The van der Waals surface area contributed by atoms with Crippen molar-refractivity contribution >= 4 is 0 Å². The van der Waals surface area contributed by atoms with Crippen molar-refractivity contribution in [2.24, 2.45) is 0 Å². The lowest BCUT2D eigenvalue weighted by molar-refractivity contribution is 0.527. The van der Waals surface area contributed by atoms with Crippen LogP contribution in [0.1, 0.15) is 47.2 Å². The van der Waals surface area contributed by atoms with Gasteiger partial charge in [-0.2, -0.15) is 0 Å². The van der Waals surface area contributed by atoms with Crippen LogP contribution in [-0.4, -0.2) is 11.5 Å². The molecule has 2 aromatic rings. The lowest BCUT2D eigenvalue weighted by atomic mass is 9.96. The summed E-state index contributed by atoms with van der Waals surface area (Å²) in [5, 5.41) is 3.66. The van der Waals surface area contributed by atoms with Gasteiger partial charge < -0.3 is 5.32 Å². The fourth-order valence-electron chi connectivity index (χ4n) is 2.56. The summed E-state index contributed by atoms with van der Waals surface area (Å²) >= 11 is 0. The van der Waals surface area contributed by atoms with E-state index in [1.54, 1.807) is 0 Å². The number of aromatic nitrogens is 1. The van der Waals surface area contributed by atoms with Crippen LogP contribution < -0.4 is 5.32 Å². The van der Waals surface area contributed by atoms with E-state index in [2.05, 4.69) is 62.3 Å². The number of aryl methyl sites for hydroxylation is 3. The maximum Gasteiger partial charge on any atom is 0.0376 e. The molecule has 112 valence electrons. The summed E-state index contributed by atoms with van der Waals surface area (Å²) in [6.45, 7) is 9.68. The third-order valence-corrected chi connectivity index (χ3v) is 3.95. The molecule has 1 unspecified atom stereocenters. The molecule has 0 amide bonds. The minimum Gasteiger partial charge on any atom is -0.310 e. The maximum atomic E-state index is 4.35. The van der Waals surface area contributed by atoms with Crippen molar-refractivity contribution in [2.75, 3.05) is 6.54 Å². The van der Waals surface area contributed by atoms with Crippen LogP contribution >= 0.6 is 0 Å². The normalized spacial score (nSPS) is 12.4. The highest BCUT2D eigenvalue weighted by Gasteiger charge is 2.12. The van der Waals surface area contributed by atoms with Crippen molar-refractivity contribution in [3.05, 3.63) is 64.5 Å². The van der Waals surface area contributed by atoms with Crippen LogP contribution in [0.4, 0.5) is 0 Å². The summed E-state index contributed by atoms with van der Waals surface area (Å²) in [5.41, 5.74) is 6.60. The second-order valence-corrected chi connectivity index (χ2v) is 5.93. The van der Waals surface area contributed by atoms with E-state index in [-0.39, 0.29) is 0 Å². The zero-order chi connectivity index (χ0) is 15.2. The Morgan fingerprint density at radius 2 is 1.86 bits per heavy atom. The van der Waals surface area contributed by atoms with Gasteiger partial charge in [0, 0.05) is 18.4 Å². The Balaban J connectivity index is 2.21. The Labute approximate surface area is 128 Å². The number of hydrogen-bond donors (Lipinski definition) is 1. The molecule has 2 rings (SSSR count). The predicted octanol–water partition coefficient (Wildman–Crippen LogP) is 4.29. The van der Waals surface area contributed by atoms with Crippen molar-refractivity contribution in [1.82, 2.24) is 10.3 Å². The molecule has 1 heterocycles. The first-order chi connectivity index (χ1) is 10.1. The average molecular weight is 282 g/mol. The Hall–Kier alpha value is -1.67. The number of nitrogens with one attached hydrogen (secondary N) is 1. The molecule has 0 spiro atoms. The molecule has 0 aliphatic heterocycles. The molecular formula is C19H26N2. The van der Waals surface area contributed by atoms with E-state index >= 15 is 0 Å². The fourth-order valence-corrected chi connectivity index (χ4v) is 2.56. The molecule has 2 heteroatoms. The summed E-state index contributed by atoms with van der Waals surface area (Å²) in [4.78, 5) is 4.35. The summed E-state index contributed by atoms with van der Waals surface area (Å²) in [5.74, 6) is 0. The largest absolute Gasteiger partial charge is 0.310 e. The van der Waals surface area contributed by atoms with Crippen molar-refractivity contribution in [3.63, 3.8) is 0 Å². The van der Waals surface area contributed by atoms with Gasteiger partial charge in [0.25, 0.3) is 0 Å². The van der Waals surface area contributed by atoms with E-state index in [9.17, 15) is 0 Å². The van der Waals surface area contributed by atoms with E-state index in [0.717, 1.165) is 19.4 Å². The Kier molecular flexibility index (Phi) is 5.51. The second-order valence-electron chi connectivity index (χ2n) is 5.93. The smallest absolute Gasteiger partial charge is 0.0376 e. The quantitative estimate of drug-likeness (QED) is 0.855. The molecular weight excluding hydrogens is 256 g/mol. The monoisotopic (exact) mass is 282 g/mol. The minimum absolute atomic E-state index is 0.333. The molecule has 0 aliphatic rings. The first kappa shape index (κ1) is 15.7. The first-order valence-electron chi connectivity index (χ1n) is 7.81. The highest BCUT2D eigenvalue weighted by molar-refractivity contribution is 5.31. The molecule has 0 saturated heterocycles. The maximum absolute atomic E-state index is 4.35. The second kappa shape index (κ2) is 7.37. The summed E-state index contributed by atoms with van der Waals surface area (Å²) < 4.78 is 0. The van der Waals surface area contributed by atoms with Crippen LogP contribution in [0.15, 0.2) is 36.7 Å². The van der Waals surface area contributed by atoms with Gasteiger partial charge in [0.05, 0.1) is 0 Å². The van der Waals surface area contributed by atoms with Crippen LogP contribution in [0.3, 0.4) is 0 Å². The van der Waals surface area contributed by atoms with Gasteiger partial charge in [-0.25, -0.2) is 0 Å². The lowest BCUT2D eigenvalue weighted by Gasteiger charge is -2.20. The molecule has 0 fully saturated rings. The molecule has 21 heavy (non-hydrogen) atoms. The van der Waals surface area contributed by atoms with E-state index in [1.807, 2.05) is 12.4 Å². The summed E-state index contributed by atoms with van der Waals surface area (Å²) in [7, 11) is 0. The molecule has 1 aromatic carbocycles. The number of pyridine rings is 1. The predicted molar refractivity (Wildman–Crippen MR) is 89.6 cm³/mol. The van der Waals surface area contributed by atoms with E-state index in [1.165, 1.54) is 27.8 Å². The van der Waals surface area contributed by atoms with E-state index in [0.29, 0.717) is 6.04 Å². The first-order valence-corrected chi connectivity index (χ1v) is 7.81. The van der Waals surface area contributed by atoms with Crippen molar-refractivity contribution in [1.29, 1.82) is 0 Å². The Morgan fingerprint density at radius 1 is 1.05 bits per heavy atom. The van der Waals surface area contributed by atoms with Crippen molar-refractivity contribution < 1.29 is 0 Å². The molecule has 1 N–H and O–H groups in total. The van der Waals surface area contributed by atoms with Gasteiger partial charge in [0.1, 0.15) is 0 Å². The SMILES string of the molecule is CCCNC(Cc1ccc(C)c(C)c1)c1cncc(C)c1. The van der Waals surface area contributed by atoms with Crippen LogP contribution in [-0.2, 0) is 6.42 Å². The number of rotatable bonds is 6. The third kappa shape index (κ3) is 4.40. The molecule has 2 nitrogen and oxygen atoms in total. The van der Waals surface area contributed by atoms with Gasteiger partial charge in [-0.1, -0.05) is 31.2 Å². The highest BCUT2D eigenvalue weighted by atomic mass is 14.9. The van der Waals surface area contributed by atoms with Crippen molar-refractivity contribution in [2.45, 2.75) is 46.6 Å². The van der Waals surface area contributed by atoms with Gasteiger partial charge in [-0.3, -0.25) is 4.98 Å². The zero-order valence-corrected chi connectivity index (χ0v) is 13.6. The molecule has 0 aliphatic carbocycles. The number of nitrogens with zero attached hydrogens (tertiary/aromatic N) is 1. The Morgan fingerprint density at radius 3 is 2.52 bits per heavy atom. The molecule has 0 radical (unpaired) electrons. The molecule has 1 aromatic heterocycles. The van der Waals surface area contributed by atoms with Gasteiger partial charge in [-0.05, 0) is 68.0 Å². The van der Waals surface area contributed by atoms with Crippen LogP contribution in [0.25, 0.3) is 0 Å². The standard InChI is InChI=1S/C19H26N2/c1-5-8-21-19(18-9-14(2)12-20-13-18)11-17-7-6-15(3)16(4)10-17/h6-7,9-10,12-13,19,21H,5,8,11H2,1-4H3. The highest BCUT2D eigenvalue weighted by Crippen LogP contribution is 2.20. The van der Waals surface area contributed by atoms with Gasteiger partial charge in [0.2, 0.25) is 0 Å². The van der Waals surface area contributed by atoms with Gasteiger partial charge in [0.15, 0.2) is 0 Å². The van der Waals surface area contributed by atoms with Crippen LogP contribution in [0.5, 0.6) is 0 Å². The Bertz CT molecular complexity index is 590. The van der Waals surface area contributed by atoms with E-state index in [4.69, 9.17) is 0 Å². The van der Waals surface area contributed by atoms with Gasteiger partial charge in [-0.15, -0.1) is 0 Å². The summed E-state index contributed by atoms with van der Waals surface area (Å²) in [6, 6.07) is 9.34. The average Bonchev–Trinajstić information content (AvgIpc) is 2.47. The minimum atomic E-state index is 0.333. The summed E-state index contributed by atoms with van der Waals surface area (Å²) in [6.07, 6.45) is 6.05. The van der Waals surface area contributed by atoms with Crippen LogP contribution in [0, 0.1) is 20.8 Å². The lowest BCUT2D eigenvalue weighted by Crippen LogP contribution is -2.24.